The molecule has 4 aromatic rings. The van der Waals surface area contributed by atoms with E-state index in [0.717, 1.165) is 9.88 Å². The van der Waals surface area contributed by atoms with Crippen molar-refractivity contribution in [1.82, 2.24) is 29.6 Å². The zero-order valence-electron chi connectivity index (χ0n) is 22.1. The van der Waals surface area contributed by atoms with E-state index in [2.05, 4.69) is 25.7 Å². The molecule has 0 fully saturated rings. The molecule has 0 unspecified atom stereocenters. The number of primary amides is 1. The van der Waals surface area contributed by atoms with E-state index in [0.29, 0.717) is 54.2 Å². The van der Waals surface area contributed by atoms with Crippen molar-refractivity contribution in [2.24, 2.45) is 5.73 Å². The van der Waals surface area contributed by atoms with E-state index in [4.69, 9.17) is 15.2 Å². The summed E-state index contributed by atoms with van der Waals surface area (Å²) in [4.78, 5) is 46.7. The third-order valence-electron chi connectivity index (χ3n) is 5.81. The molecular formula is C25H30N8O5S. The molecule has 4 N–H and O–H groups in total. The fourth-order valence-corrected chi connectivity index (χ4v) is 4.77. The lowest BCUT2D eigenvalue weighted by atomic mass is 10.1. The molecule has 3 heterocycles. The summed E-state index contributed by atoms with van der Waals surface area (Å²) in [5.74, 6) is -0.396. The summed E-state index contributed by atoms with van der Waals surface area (Å²) in [6.07, 6.45) is 1.62. The molecule has 0 radical (unpaired) electrons. The smallest absolute Gasteiger partial charge is 0.407 e. The lowest BCUT2D eigenvalue weighted by Crippen LogP contribution is -2.26. The van der Waals surface area contributed by atoms with Gasteiger partial charge in [0, 0.05) is 31.4 Å². The zero-order valence-corrected chi connectivity index (χ0v) is 22.9. The number of alkyl carbamates (subject to hydrolysis) is 1. The number of imidazole rings is 1. The van der Waals surface area contributed by atoms with Crippen LogP contribution in [0.15, 0.2) is 24.4 Å². The van der Waals surface area contributed by atoms with Crippen molar-refractivity contribution in [2.75, 3.05) is 19.0 Å². The van der Waals surface area contributed by atoms with E-state index in [1.54, 1.807) is 27.6 Å². The van der Waals surface area contributed by atoms with Gasteiger partial charge < -0.3 is 25.1 Å². The number of carbonyl (C=O) groups excluding carboxylic acids is 3. The van der Waals surface area contributed by atoms with Gasteiger partial charge in [-0.2, -0.15) is 5.10 Å². The van der Waals surface area contributed by atoms with Gasteiger partial charge >= 0.3 is 6.09 Å². The Morgan fingerprint density at radius 2 is 1.97 bits per heavy atom. The van der Waals surface area contributed by atoms with Gasteiger partial charge in [0.2, 0.25) is 11.9 Å². The molecule has 39 heavy (non-hydrogen) atoms. The maximum Gasteiger partial charge on any atom is 0.407 e. The van der Waals surface area contributed by atoms with Crippen LogP contribution in [0.25, 0.3) is 11.0 Å². The number of thiazole rings is 1. The first-order valence-electron chi connectivity index (χ1n) is 12.3. The number of ether oxygens (including phenoxy) is 2. The molecule has 0 atom stereocenters. The highest BCUT2D eigenvalue weighted by atomic mass is 32.1. The minimum absolute atomic E-state index is 0.146. The second-order valence-corrected chi connectivity index (χ2v) is 9.96. The maximum atomic E-state index is 13.2. The van der Waals surface area contributed by atoms with Crippen LogP contribution in [0.1, 0.15) is 49.8 Å². The fourth-order valence-electron chi connectivity index (χ4n) is 4.06. The summed E-state index contributed by atoms with van der Waals surface area (Å²) in [6.45, 7) is 6.92. The average molecular weight is 555 g/mol. The van der Waals surface area contributed by atoms with Gasteiger partial charge in [0.25, 0.3) is 5.91 Å². The maximum absolute atomic E-state index is 13.2. The number of aromatic nitrogens is 5. The number of fused-ring (bicyclic) bond motifs is 1. The molecule has 14 heteroatoms. The number of hydrogen-bond donors (Lipinski definition) is 3. The van der Waals surface area contributed by atoms with Crippen LogP contribution >= 0.6 is 11.3 Å². The van der Waals surface area contributed by atoms with Gasteiger partial charge in [-0.15, -0.1) is 11.3 Å². The third kappa shape index (κ3) is 6.34. The second kappa shape index (κ2) is 11.9. The molecule has 206 valence electrons. The number of rotatable bonds is 11. The molecule has 0 bridgehead atoms. The van der Waals surface area contributed by atoms with E-state index in [9.17, 15) is 14.4 Å². The van der Waals surface area contributed by atoms with Crippen LogP contribution in [0, 0.1) is 13.8 Å². The number of carbonyl (C=O) groups is 3. The normalized spacial score (nSPS) is 11.0. The highest BCUT2D eigenvalue weighted by Gasteiger charge is 2.21. The van der Waals surface area contributed by atoms with Gasteiger partial charge in [0.05, 0.1) is 28.2 Å². The first-order valence-corrected chi connectivity index (χ1v) is 13.1. The van der Waals surface area contributed by atoms with Crippen LogP contribution < -0.4 is 21.1 Å². The van der Waals surface area contributed by atoms with E-state index in [-0.39, 0.29) is 24.0 Å². The van der Waals surface area contributed by atoms with Crippen molar-refractivity contribution < 1.29 is 23.9 Å². The Kier molecular flexibility index (Phi) is 8.44. The van der Waals surface area contributed by atoms with Gasteiger partial charge in [-0.1, -0.05) is 0 Å². The Bertz CT molecular complexity index is 1520. The summed E-state index contributed by atoms with van der Waals surface area (Å²) < 4.78 is 14.1. The number of methoxy groups -OCH3 is 1. The predicted octanol–water partition coefficient (Wildman–Crippen LogP) is 3.00. The Morgan fingerprint density at radius 3 is 2.64 bits per heavy atom. The number of hydrogen-bond acceptors (Lipinski definition) is 9. The van der Waals surface area contributed by atoms with E-state index >= 15 is 0 Å². The van der Waals surface area contributed by atoms with Crippen LogP contribution in [-0.4, -0.2) is 55.9 Å². The van der Waals surface area contributed by atoms with Crippen LogP contribution in [0.2, 0.25) is 0 Å². The van der Waals surface area contributed by atoms with Crippen LogP contribution in [0.5, 0.6) is 5.75 Å². The Balaban J connectivity index is 1.53. The number of nitrogens with one attached hydrogen (secondary N) is 2. The highest BCUT2D eigenvalue weighted by molar-refractivity contribution is 7.11. The van der Waals surface area contributed by atoms with Crippen molar-refractivity contribution in [3.8, 4) is 5.75 Å². The second-order valence-electron chi connectivity index (χ2n) is 8.64. The molecule has 13 nitrogen and oxygen atoms in total. The number of anilines is 1. The molecule has 0 aliphatic rings. The SMILES string of the molecule is CCn1nc(C)cc1C(=O)Nc1nc2cc(C(N)=O)cc(OC)c2n1CCCNC(=O)OCc1cnc(C)s1. The minimum atomic E-state index is -0.631. The summed E-state index contributed by atoms with van der Waals surface area (Å²) in [7, 11) is 1.47. The van der Waals surface area contributed by atoms with E-state index < -0.39 is 12.0 Å². The number of benzene rings is 1. The summed E-state index contributed by atoms with van der Waals surface area (Å²) in [5.41, 5.74) is 7.81. The molecule has 0 saturated heterocycles. The molecule has 0 aliphatic heterocycles. The van der Waals surface area contributed by atoms with Crippen molar-refractivity contribution in [3.05, 3.63) is 51.2 Å². The molecule has 0 aliphatic carbocycles. The first-order chi connectivity index (χ1) is 18.7. The lowest BCUT2D eigenvalue weighted by Gasteiger charge is -2.13. The van der Waals surface area contributed by atoms with Crippen LogP contribution in [0.4, 0.5) is 10.7 Å². The fraction of sp³-hybridized carbons (Fsp3) is 0.360. The largest absolute Gasteiger partial charge is 0.494 e. The standard InChI is InChI=1S/C25H30N8O5S/c1-5-33-19(9-14(2)31-33)23(35)30-24-29-18-10-16(22(26)34)11-20(37-4)21(18)32(24)8-6-7-27-25(36)38-13-17-12-28-15(3)39-17/h9-12H,5-8,13H2,1-4H3,(H2,26,34)(H,27,36)(H,29,30,35). The first kappa shape index (κ1) is 27.6. The van der Waals surface area contributed by atoms with Crippen molar-refractivity contribution in [1.29, 1.82) is 0 Å². The highest BCUT2D eigenvalue weighted by Crippen LogP contribution is 2.31. The minimum Gasteiger partial charge on any atom is -0.494 e. The van der Waals surface area contributed by atoms with E-state index in [1.165, 1.54) is 24.5 Å². The molecule has 4 rings (SSSR count). The monoisotopic (exact) mass is 554 g/mol. The Labute approximate surface area is 228 Å². The quantitative estimate of drug-likeness (QED) is 0.238. The van der Waals surface area contributed by atoms with Gasteiger partial charge in [0.15, 0.2) is 0 Å². The van der Waals surface area contributed by atoms with Gasteiger partial charge in [-0.3, -0.25) is 19.6 Å². The molecule has 0 saturated carbocycles. The lowest BCUT2D eigenvalue weighted by molar-refractivity contribution is 0.0995. The summed E-state index contributed by atoms with van der Waals surface area (Å²) in [6, 6.07) is 4.77. The van der Waals surface area contributed by atoms with Gasteiger partial charge in [0.1, 0.15) is 23.6 Å². The molecule has 0 spiro atoms. The predicted molar refractivity (Wildman–Crippen MR) is 145 cm³/mol. The number of nitrogens with zero attached hydrogens (tertiary/aromatic N) is 5. The molecular weight excluding hydrogens is 524 g/mol. The Morgan fingerprint density at radius 1 is 1.18 bits per heavy atom. The van der Waals surface area contributed by atoms with Crippen LogP contribution in [0.3, 0.4) is 0 Å². The number of aryl methyl sites for hydroxylation is 4. The van der Waals surface area contributed by atoms with Gasteiger partial charge in [-0.25, -0.2) is 14.8 Å². The van der Waals surface area contributed by atoms with Crippen molar-refractivity contribution >= 4 is 46.2 Å². The van der Waals surface area contributed by atoms with Crippen LogP contribution in [-0.2, 0) is 24.4 Å². The number of amides is 3. The Hall–Kier alpha value is -4.46. The topological polar surface area (TPSA) is 168 Å². The summed E-state index contributed by atoms with van der Waals surface area (Å²) >= 11 is 1.46. The third-order valence-corrected chi connectivity index (χ3v) is 6.70. The summed E-state index contributed by atoms with van der Waals surface area (Å²) in [5, 5.41) is 10.8. The number of nitrogens with two attached hydrogens (primary N) is 1. The molecule has 3 amide bonds. The zero-order chi connectivity index (χ0) is 28.1. The van der Waals surface area contributed by atoms with Crippen molar-refractivity contribution in [2.45, 2.75) is 46.9 Å². The average Bonchev–Trinajstić information content (AvgIpc) is 3.60. The van der Waals surface area contributed by atoms with E-state index in [1.807, 2.05) is 20.8 Å². The van der Waals surface area contributed by atoms with Gasteiger partial charge in [-0.05, 0) is 45.4 Å². The molecule has 1 aromatic carbocycles. The molecule has 3 aromatic heterocycles. The van der Waals surface area contributed by atoms with Crippen molar-refractivity contribution in [3.63, 3.8) is 0 Å².